The minimum Gasteiger partial charge on any atom is -0.494 e. The fourth-order valence-electron chi connectivity index (χ4n) is 0.945. The highest BCUT2D eigenvalue weighted by Crippen LogP contribution is 2.31. The average Bonchev–Trinajstić information content (AvgIpc) is 2.26. The molecule has 12 heavy (non-hydrogen) atoms. The topological polar surface area (TPSA) is 55.8 Å². The number of aliphatic hydroxyl groups is 1. The van der Waals surface area contributed by atoms with Crippen LogP contribution in [0.3, 0.4) is 0 Å². The Hall–Kier alpha value is -1.29. The maximum absolute atomic E-state index is 10.7. The zero-order valence-electron chi connectivity index (χ0n) is 6.96. The predicted molar refractivity (Wildman–Crippen MR) is 40.9 cm³/mol. The van der Waals surface area contributed by atoms with E-state index in [1.165, 1.54) is 13.2 Å². The Morgan fingerprint density at radius 1 is 1.83 bits per heavy atom. The van der Waals surface area contributed by atoms with Crippen molar-refractivity contribution >= 4 is 5.97 Å². The molecule has 1 aliphatic rings. The number of ether oxygens (including phenoxy) is 2. The lowest BCUT2D eigenvalue weighted by atomic mass is 10.1. The summed E-state index contributed by atoms with van der Waals surface area (Å²) in [6, 6.07) is 0. The third kappa shape index (κ3) is 1.10. The first kappa shape index (κ1) is 8.80. The quantitative estimate of drug-likeness (QED) is 0.479. The van der Waals surface area contributed by atoms with Crippen molar-refractivity contribution in [3.8, 4) is 0 Å². The fraction of sp³-hybridized carbons (Fsp3) is 0.375. The molecule has 1 N–H and O–H groups in total. The van der Waals surface area contributed by atoms with Crippen LogP contribution in [0.25, 0.3) is 0 Å². The number of hydrogen-bond donors (Lipinski definition) is 1. The second-order valence-electron chi connectivity index (χ2n) is 2.52. The number of esters is 1. The van der Waals surface area contributed by atoms with Crippen LogP contribution in [0.2, 0.25) is 0 Å². The zero-order valence-corrected chi connectivity index (χ0v) is 6.96. The van der Waals surface area contributed by atoms with Crippen molar-refractivity contribution in [2.75, 3.05) is 7.11 Å². The molecule has 0 aromatic heterocycles. The van der Waals surface area contributed by atoms with Crippen molar-refractivity contribution in [1.82, 2.24) is 0 Å². The van der Waals surface area contributed by atoms with Gasteiger partial charge in [-0.25, -0.2) is 4.79 Å². The van der Waals surface area contributed by atoms with Gasteiger partial charge in [0.2, 0.25) is 0 Å². The normalized spacial score (nSPS) is 27.9. The van der Waals surface area contributed by atoms with Gasteiger partial charge in [0.25, 0.3) is 5.79 Å². The van der Waals surface area contributed by atoms with Crippen molar-refractivity contribution < 1.29 is 19.4 Å². The van der Waals surface area contributed by atoms with E-state index in [0.717, 1.165) is 0 Å². The third-order valence-electron chi connectivity index (χ3n) is 1.74. The molecule has 0 spiro atoms. The first-order valence-electron chi connectivity index (χ1n) is 3.38. The largest absolute Gasteiger partial charge is 0.494 e. The average molecular weight is 170 g/mol. The summed E-state index contributed by atoms with van der Waals surface area (Å²) in [5.74, 6) is -2.36. The van der Waals surface area contributed by atoms with Crippen LogP contribution in [-0.2, 0) is 14.3 Å². The van der Waals surface area contributed by atoms with Crippen LogP contribution in [0.1, 0.15) is 6.92 Å². The summed E-state index contributed by atoms with van der Waals surface area (Å²) < 4.78 is 9.31. The Bertz CT molecular complexity index is 266. The van der Waals surface area contributed by atoms with Crippen LogP contribution >= 0.6 is 0 Å². The molecule has 1 rings (SSSR count). The standard InChI is InChI=1S/C8H10O4/c1-5-4-7(9)12-8(5,10)6(2)11-3/h4,10H,2H2,1,3H3. The number of cyclic esters (lactones) is 1. The fourth-order valence-corrected chi connectivity index (χ4v) is 0.945. The second-order valence-corrected chi connectivity index (χ2v) is 2.52. The van der Waals surface area contributed by atoms with Crippen molar-refractivity contribution in [1.29, 1.82) is 0 Å². The molecule has 4 heteroatoms. The summed E-state index contributed by atoms with van der Waals surface area (Å²) in [6.07, 6.45) is 1.20. The summed E-state index contributed by atoms with van der Waals surface area (Å²) in [7, 11) is 1.35. The highest BCUT2D eigenvalue weighted by Gasteiger charge is 2.42. The lowest BCUT2D eigenvalue weighted by Crippen LogP contribution is -2.33. The molecular formula is C8H10O4. The molecule has 1 unspecified atom stereocenters. The molecule has 0 radical (unpaired) electrons. The maximum atomic E-state index is 10.7. The Morgan fingerprint density at radius 2 is 2.42 bits per heavy atom. The number of hydrogen-bond acceptors (Lipinski definition) is 4. The van der Waals surface area contributed by atoms with E-state index >= 15 is 0 Å². The summed E-state index contributed by atoms with van der Waals surface area (Å²) in [5, 5.41) is 9.66. The van der Waals surface area contributed by atoms with Crippen LogP contribution in [0.5, 0.6) is 0 Å². The molecule has 66 valence electrons. The van der Waals surface area contributed by atoms with E-state index in [-0.39, 0.29) is 5.76 Å². The van der Waals surface area contributed by atoms with Gasteiger partial charge in [-0.15, -0.1) is 0 Å². The molecular weight excluding hydrogens is 160 g/mol. The lowest BCUT2D eigenvalue weighted by Gasteiger charge is -2.23. The number of rotatable bonds is 2. The number of carbonyl (C=O) groups excluding carboxylic acids is 1. The van der Waals surface area contributed by atoms with E-state index in [2.05, 4.69) is 11.3 Å². The number of methoxy groups -OCH3 is 1. The van der Waals surface area contributed by atoms with Gasteiger partial charge in [-0.2, -0.15) is 0 Å². The van der Waals surface area contributed by atoms with Crippen LogP contribution in [-0.4, -0.2) is 24.0 Å². The third-order valence-corrected chi connectivity index (χ3v) is 1.74. The first-order valence-corrected chi connectivity index (χ1v) is 3.38. The molecule has 1 heterocycles. The molecule has 0 aliphatic carbocycles. The highest BCUT2D eigenvalue weighted by atomic mass is 16.7. The molecule has 0 saturated carbocycles. The van der Waals surface area contributed by atoms with Gasteiger partial charge in [-0.1, -0.05) is 6.58 Å². The Morgan fingerprint density at radius 3 is 2.75 bits per heavy atom. The van der Waals surface area contributed by atoms with Gasteiger partial charge in [-0.05, 0) is 6.92 Å². The molecule has 4 nitrogen and oxygen atoms in total. The van der Waals surface area contributed by atoms with Gasteiger partial charge in [-0.3, -0.25) is 0 Å². The smallest absolute Gasteiger partial charge is 0.334 e. The second kappa shape index (κ2) is 2.64. The van der Waals surface area contributed by atoms with E-state index in [9.17, 15) is 9.90 Å². The van der Waals surface area contributed by atoms with Gasteiger partial charge in [0, 0.05) is 11.6 Å². The SMILES string of the molecule is C=C(OC)C1(O)OC(=O)C=C1C. The van der Waals surface area contributed by atoms with Crippen molar-refractivity contribution in [3.05, 3.63) is 24.0 Å². The highest BCUT2D eigenvalue weighted by molar-refractivity contribution is 5.86. The summed E-state index contributed by atoms with van der Waals surface area (Å²) in [6.45, 7) is 4.99. The predicted octanol–water partition coefficient (Wildman–Crippen LogP) is 0.338. The monoisotopic (exact) mass is 170 g/mol. The van der Waals surface area contributed by atoms with Crippen molar-refractivity contribution in [2.45, 2.75) is 12.7 Å². The molecule has 1 atom stereocenters. The molecule has 0 bridgehead atoms. The Kier molecular flexibility index (Phi) is 1.94. The molecule has 0 amide bonds. The van der Waals surface area contributed by atoms with Gasteiger partial charge in [0.15, 0.2) is 5.76 Å². The van der Waals surface area contributed by atoms with Crippen LogP contribution in [0.4, 0.5) is 0 Å². The lowest BCUT2D eigenvalue weighted by molar-refractivity contribution is -0.178. The molecule has 1 aliphatic heterocycles. The van der Waals surface area contributed by atoms with E-state index in [1.54, 1.807) is 6.92 Å². The zero-order chi connectivity index (χ0) is 9.35. The number of carbonyl (C=O) groups is 1. The van der Waals surface area contributed by atoms with Gasteiger partial charge in [0.1, 0.15) is 0 Å². The van der Waals surface area contributed by atoms with Crippen molar-refractivity contribution in [2.24, 2.45) is 0 Å². The van der Waals surface area contributed by atoms with Gasteiger partial charge >= 0.3 is 5.97 Å². The Labute approximate surface area is 70.1 Å². The summed E-state index contributed by atoms with van der Waals surface area (Å²) in [5.41, 5.74) is 0.374. The van der Waals surface area contributed by atoms with E-state index in [0.29, 0.717) is 5.57 Å². The van der Waals surface area contributed by atoms with Crippen LogP contribution in [0.15, 0.2) is 24.0 Å². The molecule has 0 fully saturated rings. The van der Waals surface area contributed by atoms with E-state index < -0.39 is 11.8 Å². The molecule has 0 aromatic carbocycles. The minimum atomic E-state index is -1.77. The summed E-state index contributed by atoms with van der Waals surface area (Å²) >= 11 is 0. The van der Waals surface area contributed by atoms with Crippen LogP contribution in [0, 0.1) is 0 Å². The maximum Gasteiger partial charge on any atom is 0.334 e. The van der Waals surface area contributed by atoms with Crippen molar-refractivity contribution in [3.63, 3.8) is 0 Å². The Balaban J connectivity index is 2.95. The van der Waals surface area contributed by atoms with Gasteiger partial charge in [0.05, 0.1) is 7.11 Å². The van der Waals surface area contributed by atoms with E-state index in [1.807, 2.05) is 0 Å². The van der Waals surface area contributed by atoms with Gasteiger partial charge < -0.3 is 14.6 Å². The molecule has 0 aromatic rings. The summed E-state index contributed by atoms with van der Waals surface area (Å²) in [4.78, 5) is 10.7. The first-order chi connectivity index (χ1) is 5.50. The molecule has 0 saturated heterocycles. The van der Waals surface area contributed by atoms with E-state index in [4.69, 9.17) is 4.74 Å². The minimum absolute atomic E-state index is 0.00194. The van der Waals surface area contributed by atoms with Crippen LogP contribution < -0.4 is 0 Å².